The molecular weight excluding hydrogens is 560 g/mol. The Kier molecular flexibility index (Phi) is 9.63. The van der Waals surface area contributed by atoms with E-state index in [9.17, 15) is 14.7 Å². The van der Waals surface area contributed by atoms with Crippen molar-refractivity contribution >= 4 is 45.2 Å². The zero-order chi connectivity index (χ0) is 31.1. The summed E-state index contributed by atoms with van der Waals surface area (Å²) < 4.78 is 16.5. The molecule has 4 aromatic rings. The molecule has 0 spiro atoms. The van der Waals surface area contributed by atoms with Crippen LogP contribution in [0.15, 0.2) is 85.2 Å². The maximum absolute atomic E-state index is 13.0. The minimum absolute atomic E-state index is 0.261. The second kappa shape index (κ2) is 13.9. The molecule has 0 aliphatic heterocycles. The van der Waals surface area contributed by atoms with Gasteiger partial charge in [-0.05, 0) is 54.5 Å². The lowest BCUT2D eigenvalue weighted by Crippen LogP contribution is -2.22. The number of carbonyl (C=O) groups is 2. The Morgan fingerprint density at radius 3 is 2.55 bits per heavy atom. The summed E-state index contributed by atoms with van der Waals surface area (Å²) in [6.07, 6.45) is 5.19. The van der Waals surface area contributed by atoms with E-state index in [0.717, 1.165) is 11.3 Å². The third-order valence-corrected chi connectivity index (χ3v) is 7.30. The summed E-state index contributed by atoms with van der Waals surface area (Å²) in [6, 6.07) is 18.6. The van der Waals surface area contributed by atoms with E-state index in [1.807, 2.05) is 60.5 Å². The zero-order valence-corrected chi connectivity index (χ0v) is 24.8. The number of anilines is 3. The largest absolute Gasteiger partial charge is 0.493 e. The molecule has 2 N–H and O–H groups in total. The van der Waals surface area contributed by atoms with Crippen LogP contribution < -0.4 is 19.7 Å². The fourth-order valence-corrected chi connectivity index (χ4v) is 4.97. The summed E-state index contributed by atoms with van der Waals surface area (Å²) in [5, 5.41) is 14.8. The number of nitrogens with zero attached hydrogens (tertiary/aromatic N) is 3. The average Bonchev–Trinajstić information content (AvgIpc) is 3.05. The Hall–Kier alpha value is -5.06. The number of nitrogens with one attached hydrogen (secondary N) is 1. The number of rotatable bonds is 13. The molecule has 226 valence electrons. The lowest BCUT2D eigenvalue weighted by Gasteiger charge is -2.25. The van der Waals surface area contributed by atoms with Gasteiger partial charge in [0, 0.05) is 54.7 Å². The van der Waals surface area contributed by atoms with Crippen molar-refractivity contribution in [1.29, 1.82) is 0 Å². The molecule has 0 amide bonds. The number of aliphatic hydroxyl groups is 1. The van der Waals surface area contributed by atoms with Gasteiger partial charge in [-0.2, -0.15) is 0 Å². The highest BCUT2D eigenvalue weighted by Gasteiger charge is 2.22. The summed E-state index contributed by atoms with van der Waals surface area (Å²) in [7, 11) is 5.06. The van der Waals surface area contributed by atoms with Crippen LogP contribution >= 0.6 is 0 Å². The quantitative estimate of drug-likeness (QED) is 0.160. The molecule has 0 saturated carbocycles. The van der Waals surface area contributed by atoms with Crippen molar-refractivity contribution in [3.8, 4) is 11.5 Å². The molecule has 1 unspecified atom stereocenters. The predicted octanol–water partition coefficient (Wildman–Crippen LogP) is 5.06. The molecule has 1 atom stereocenters. The number of ketones is 2. The lowest BCUT2D eigenvalue weighted by atomic mass is 9.94. The number of aliphatic hydroxyl groups excluding tert-OH is 1. The molecule has 1 aliphatic rings. The number of fused-ring (bicyclic) bond motifs is 1. The second-order valence-electron chi connectivity index (χ2n) is 10.2. The van der Waals surface area contributed by atoms with Crippen molar-refractivity contribution in [2.24, 2.45) is 0 Å². The molecule has 44 heavy (non-hydrogen) atoms. The average molecular weight is 595 g/mol. The van der Waals surface area contributed by atoms with Crippen molar-refractivity contribution in [3.05, 3.63) is 96.3 Å². The molecule has 1 aliphatic carbocycles. The highest BCUT2D eigenvalue weighted by atomic mass is 16.5. The van der Waals surface area contributed by atoms with Crippen molar-refractivity contribution in [2.45, 2.75) is 12.5 Å². The molecule has 0 bridgehead atoms. The minimum Gasteiger partial charge on any atom is -0.493 e. The molecule has 1 aromatic heterocycles. The van der Waals surface area contributed by atoms with E-state index in [-0.39, 0.29) is 11.6 Å². The summed E-state index contributed by atoms with van der Waals surface area (Å²) in [6.45, 7) is 1.29. The van der Waals surface area contributed by atoms with Gasteiger partial charge in [-0.1, -0.05) is 30.3 Å². The van der Waals surface area contributed by atoms with Crippen molar-refractivity contribution < 1.29 is 28.9 Å². The van der Waals surface area contributed by atoms with E-state index in [1.54, 1.807) is 26.4 Å². The monoisotopic (exact) mass is 594 g/mol. The fraction of sp³-hybridized carbons (Fsp3) is 0.235. The van der Waals surface area contributed by atoms with Crippen LogP contribution in [0.25, 0.3) is 16.5 Å². The standard InChI is InChI=1S/C34H34N4O6/c1-38(14-13-30(40)22-7-5-4-6-8-22)29-11-9-23(17-25(29)26-18-24(39)10-12-31(26)41)37-34-27-19-32(43-3)33(44-16-15-42-2)20-28(27)35-21-36-34/h4-12,17-21,30,40H,13-16H2,1-3H3,(H,35,36,37). The lowest BCUT2D eigenvalue weighted by molar-refractivity contribution is -0.113. The number of methoxy groups -OCH3 is 2. The molecular formula is C34H34N4O6. The molecule has 10 nitrogen and oxygen atoms in total. The Morgan fingerprint density at radius 1 is 0.955 bits per heavy atom. The predicted molar refractivity (Wildman–Crippen MR) is 170 cm³/mol. The smallest absolute Gasteiger partial charge is 0.186 e. The number of allylic oxidation sites excluding steroid dienone is 4. The maximum Gasteiger partial charge on any atom is 0.186 e. The van der Waals surface area contributed by atoms with Gasteiger partial charge in [0.15, 0.2) is 23.1 Å². The molecule has 3 aromatic carbocycles. The van der Waals surface area contributed by atoms with Gasteiger partial charge in [-0.25, -0.2) is 9.97 Å². The molecule has 0 saturated heterocycles. The van der Waals surface area contributed by atoms with Crippen molar-refractivity contribution in [1.82, 2.24) is 9.97 Å². The number of carbonyl (C=O) groups excluding carboxylic acids is 2. The highest BCUT2D eigenvalue weighted by molar-refractivity contribution is 6.34. The second-order valence-corrected chi connectivity index (χ2v) is 10.2. The van der Waals surface area contributed by atoms with E-state index in [2.05, 4.69) is 15.3 Å². The van der Waals surface area contributed by atoms with Gasteiger partial charge >= 0.3 is 0 Å². The van der Waals surface area contributed by atoms with Crippen LogP contribution in [0.1, 0.15) is 23.7 Å². The third kappa shape index (κ3) is 6.94. The summed E-state index contributed by atoms with van der Waals surface area (Å²) in [4.78, 5) is 36.1. The van der Waals surface area contributed by atoms with Gasteiger partial charge in [-0.3, -0.25) is 9.59 Å². The molecule has 0 radical (unpaired) electrons. The van der Waals surface area contributed by atoms with Crippen LogP contribution in [0.4, 0.5) is 17.2 Å². The van der Waals surface area contributed by atoms with Crippen LogP contribution in [-0.4, -0.2) is 67.7 Å². The van der Waals surface area contributed by atoms with Gasteiger partial charge in [0.25, 0.3) is 0 Å². The summed E-state index contributed by atoms with van der Waals surface area (Å²) >= 11 is 0. The van der Waals surface area contributed by atoms with Crippen LogP contribution in [-0.2, 0) is 14.3 Å². The van der Waals surface area contributed by atoms with Gasteiger partial charge in [-0.15, -0.1) is 0 Å². The Morgan fingerprint density at radius 2 is 1.77 bits per heavy atom. The SMILES string of the molecule is COCCOc1cc2ncnc(Nc3ccc(N(C)CCC(O)c4ccccc4)c(C4=CC(=O)C=CC4=O)c3)c2cc1OC. The fourth-order valence-electron chi connectivity index (χ4n) is 4.97. The summed E-state index contributed by atoms with van der Waals surface area (Å²) in [5.74, 6) is 1.05. The first-order valence-corrected chi connectivity index (χ1v) is 14.2. The zero-order valence-electron chi connectivity index (χ0n) is 24.8. The minimum atomic E-state index is -0.642. The van der Waals surface area contributed by atoms with Crippen LogP contribution in [0, 0.1) is 0 Å². The third-order valence-electron chi connectivity index (χ3n) is 7.30. The first-order chi connectivity index (χ1) is 21.4. The van der Waals surface area contributed by atoms with E-state index in [0.29, 0.717) is 71.2 Å². The van der Waals surface area contributed by atoms with Gasteiger partial charge < -0.3 is 29.5 Å². The van der Waals surface area contributed by atoms with Crippen molar-refractivity contribution in [2.75, 3.05) is 51.2 Å². The first-order valence-electron chi connectivity index (χ1n) is 14.2. The van der Waals surface area contributed by atoms with Gasteiger partial charge in [0.05, 0.1) is 25.3 Å². The van der Waals surface area contributed by atoms with Crippen molar-refractivity contribution in [3.63, 3.8) is 0 Å². The van der Waals surface area contributed by atoms with Crippen LogP contribution in [0.5, 0.6) is 11.5 Å². The van der Waals surface area contributed by atoms with E-state index >= 15 is 0 Å². The maximum atomic E-state index is 13.0. The number of benzene rings is 3. The van der Waals surface area contributed by atoms with Crippen LogP contribution in [0.2, 0.25) is 0 Å². The number of aromatic nitrogens is 2. The van der Waals surface area contributed by atoms with Gasteiger partial charge in [0.2, 0.25) is 0 Å². The van der Waals surface area contributed by atoms with Gasteiger partial charge in [0.1, 0.15) is 18.8 Å². The molecule has 5 rings (SSSR count). The molecule has 0 fully saturated rings. The first kappa shape index (κ1) is 30.4. The number of ether oxygens (including phenoxy) is 3. The topological polar surface area (TPSA) is 123 Å². The number of hydrogen-bond donors (Lipinski definition) is 2. The number of hydrogen-bond acceptors (Lipinski definition) is 10. The normalized spacial score (nSPS) is 13.5. The van der Waals surface area contributed by atoms with E-state index in [4.69, 9.17) is 14.2 Å². The Labute approximate surface area is 255 Å². The van der Waals surface area contributed by atoms with E-state index in [1.165, 1.54) is 24.6 Å². The molecule has 10 heteroatoms. The van der Waals surface area contributed by atoms with Crippen LogP contribution in [0.3, 0.4) is 0 Å². The summed E-state index contributed by atoms with van der Waals surface area (Å²) in [5.41, 5.74) is 3.74. The Balaban J connectivity index is 1.46. The van der Waals surface area contributed by atoms with E-state index < -0.39 is 6.10 Å². The molecule has 1 heterocycles. The Bertz CT molecular complexity index is 1720. The highest BCUT2D eigenvalue weighted by Crippen LogP contribution is 2.37.